The molecule has 0 saturated heterocycles. The summed E-state index contributed by atoms with van der Waals surface area (Å²) in [5, 5.41) is 0.179. The van der Waals surface area contributed by atoms with E-state index in [0.29, 0.717) is 3.97 Å². The predicted molar refractivity (Wildman–Crippen MR) is 89.3 cm³/mol. The molecule has 3 aromatic rings. The molecule has 0 unspecified atom stereocenters. The highest BCUT2D eigenvalue weighted by molar-refractivity contribution is 7.90. The summed E-state index contributed by atoms with van der Waals surface area (Å²) in [5.74, 6) is 0. The van der Waals surface area contributed by atoms with Crippen LogP contribution in [0.3, 0.4) is 0 Å². The third-order valence-electron chi connectivity index (χ3n) is 3.55. The maximum absolute atomic E-state index is 12.9. The lowest BCUT2D eigenvalue weighted by Crippen LogP contribution is -2.38. The first kappa shape index (κ1) is 16.7. The average molecular weight is 389 g/mol. The van der Waals surface area contributed by atoms with Crippen molar-refractivity contribution in [2.75, 3.05) is 0 Å². The summed E-state index contributed by atoms with van der Waals surface area (Å²) >= 11 is 11.8. The fourth-order valence-electron chi connectivity index (χ4n) is 2.29. The molecule has 2 aromatic heterocycles. The molecule has 0 fully saturated rings. The minimum absolute atomic E-state index is 0.0447. The summed E-state index contributed by atoms with van der Waals surface area (Å²) < 4.78 is 28.3. The van der Waals surface area contributed by atoms with E-state index in [2.05, 4.69) is 4.98 Å². The molecule has 0 saturated carbocycles. The third kappa shape index (κ3) is 2.27. The van der Waals surface area contributed by atoms with Gasteiger partial charge in [0.25, 0.3) is 15.6 Å². The molecule has 1 aromatic carbocycles. The van der Waals surface area contributed by atoms with Crippen LogP contribution in [0.25, 0.3) is 11.2 Å². The van der Waals surface area contributed by atoms with Crippen LogP contribution in [0.4, 0.5) is 0 Å². The van der Waals surface area contributed by atoms with Gasteiger partial charge >= 0.3 is 5.69 Å². The monoisotopic (exact) mass is 388 g/mol. The van der Waals surface area contributed by atoms with Gasteiger partial charge < -0.3 is 0 Å². The van der Waals surface area contributed by atoms with Gasteiger partial charge in [0.1, 0.15) is 11.2 Å². The minimum Gasteiger partial charge on any atom is -0.279 e. The second kappa shape index (κ2) is 5.47. The molecule has 8 nitrogen and oxygen atoms in total. The van der Waals surface area contributed by atoms with E-state index >= 15 is 0 Å². The van der Waals surface area contributed by atoms with Crippen molar-refractivity contribution in [3.8, 4) is 0 Å². The van der Waals surface area contributed by atoms with Crippen LogP contribution in [0.1, 0.15) is 0 Å². The Balaban J connectivity index is 2.43. The lowest BCUT2D eigenvalue weighted by atomic mass is 10.4. The van der Waals surface area contributed by atoms with Gasteiger partial charge in [-0.2, -0.15) is 0 Å². The van der Waals surface area contributed by atoms with Crippen LogP contribution in [0.2, 0.25) is 10.0 Å². The molecule has 0 radical (unpaired) electrons. The highest BCUT2D eigenvalue weighted by Crippen LogP contribution is 2.27. The Morgan fingerprint density at radius 3 is 2.38 bits per heavy atom. The molecule has 126 valence electrons. The highest BCUT2D eigenvalue weighted by Gasteiger charge is 2.26. The topological polar surface area (TPSA) is 96.0 Å². The van der Waals surface area contributed by atoms with Crippen molar-refractivity contribution in [1.29, 1.82) is 0 Å². The molecular formula is C13H10Cl2N4O4S. The molecule has 0 aliphatic carbocycles. The maximum Gasteiger partial charge on any atom is 0.332 e. The SMILES string of the molecule is Cn1c(=O)c2c(ncn2S(=O)(=O)c2ccc(Cl)cc2Cl)n(C)c1=O. The Morgan fingerprint density at radius 1 is 1.08 bits per heavy atom. The second-order valence-electron chi connectivity index (χ2n) is 5.00. The molecular weight excluding hydrogens is 379 g/mol. The summed E-state index contributed by atoms with van der Waals surface area (Å²) in [7, 11) is -1.56. The first-order valence-corrected chi connectivity index (χ1v) is 8.69. The van der Waals surface area contributed by atoms with Gasteiger partial charge in [-0.25, -0.2) is 22.2 Å². The lowest BCUT2D eigenvalue weighted by Gasteiger charge is -2.09. The Morgan fingerprint density at radius 2 is 1.75 bits per heavy atom. The van der Waals surface area contributed by atoms with Crippen LogP contribution >= 0.6 is 23.2 Å². The first-order chi connectivity index (χ1) is 11.2. The number of hydrogen-bond donors (Lipinski definition) is 0. The average Bonchev–Trinajstić information content (AvgIpc) is 2.96. The fraction of sp³-hybridized carbons (Fsp3) is 0.154. The number of nitrogens with zero attached hydrogens (tertiary/aromatic N) is 4. The number of hydrogen-bond acceptors (Lipinski definition) is 5. The second-order valence-corrected chi connectivity index (χ2v) is 7.63. The van der Waals surface area contributed by atoms with Crippen LogP contribution in [0, 0.1) is 0 Å². The van der Waals surface area contributed by atoms with E-state index in [1.807, 2.05) is 0 Å². The number of aryl methyl sites for hydroxylation is 1. The van der Waals surface area contributed by atoms with Gasteiger partial charge in [0, 0.05) is 19.1 Å². The van der Waals surface area contributed by atoms with E-state index in [1.165, 1.54) is 32.3 Å². The van der Waals surface area contributed by atoms with E-state index in [1.54, 1.807) is 0 Å². The smallest absolute Gasteiger partial charge is 0.279 e. The van der Waals surface area contributed by atoms with Gasteiger partial charge in [-0.15, -0.1) is 0 Å². The molecule has 24 heavy (non-hydrogen) atoms. The van der Waals surface area contributed by atoms with E-state index in [9.17, 15) is 18.0 Å². The van der Waals surface area contributed by atoms with E-state index < -0.39 is 21.3 Å². The number of benzene rings is 1. The zero-order valence-corrected chi connectivity index (χ0v) is 14.7. The summed E-state index contributed by atoms with van der Waals surface area (Å²) in [5.41, 5.74) is -1.68. The summed E-state index contributed by atoms with van der Waals surface area (Å²) in [6, 6.07) is 3.88. The predicted octanol–water partition coefficient (Wildman–Crippen LogP) is 0.977. The molecule has 11 heteroatoms. The van der Waals surface area contributed by atoms with Crippen LogP contribution in [-0.2, 0) is 24.1 Å². The highest BCUT2D eigenvalue weighted by atomic mass is 35.5. The molecule has 2 heterocycles. The van der Waals surface area contributed by atoms with Gasteiger partial charge in [-0.3, -0.25) is 13.9 Å². The number of aromatic nitrogens is 4. The van der Waals surface area contributed by atoms with Crippen LogP contribution in [0.15, 0.2) is 39.0 Å². The number of fused-ring (bicyclic) bond motifs is 1. The van der Waals surface area contributed by atoms with Crippen molar-refractivity contribution in [3.05, 3.63) is 55.4 Å². The van der Waals surface area contributed by atoms with Crippen LogP contribution in [-0.4, -0.2) is 26.5 Å². The van der Waals surface area contributed by atoms with E-state index in [4.69, 9.17) is 23.2 Å². The zero-order valence-electron chi connectivity index (χ0n) is 12.4. The van der Waals surface area contributed by atoms with Gasteiger partial charge in [0.05, 0.1) is 5.02 Å². The minimum atomic E-state index is -4.20. The van der Waals surface area contributed by atoms with Crippen molar-refractivity contribution in [3.63, 3.8) is 0 Å². The normalized spacial score (nSPS) is 12.0. The quantitative estimate of drug-likeness (QED) is 0.651. The number of imidazole rings is 1. The number of rotatable bonds is 2. The van der Waals surface area contributed by atoms with Gasteiger partial charge in [0.15, 0.2) is 11.2 Å². The zero-order chi connectivity index (χ0) is 17.8. The van der Waals surface area contributed by atoms with Gasteiger partial charge in [-0.05, 0) is 18.2 Å². The molecule has 0 bridgehead atoms. The molecule has 3 rings (SSSR count). The maximum atomic E-state index is 12.9. The Hall–Kier alpha value is -2.10. The van der Waals surface area contributed by atoms with Crippen molar-refractivity contribution >= 4 is 44.4 Å². The van der Waals surface area contributed by atoms with Crippen molar-refractivity contribution in [2.45, 2.75) is 4.90 Å². The van der Waals surface area contributed by atoms with Crippen molar-refractivity contribution < 1.29 is 8.42 Å². The molecule has 0 aliphatic rings. The standard InChI is InChI=1S/C13H10Cl2N4O4S/c1-17-11-10(12(20)18(2)13(17)21)19(6-16-11)24(22,23)9-4-3-7(14)5-8(9)15/h3-6H,1-2H3. The number of halogens is 2. The van der Waals surface area contributed by atoms with E-state index in [-0.39, 0.29) is 26.1 Å². The largest absolute Gasteiger partial charge is 0.332 e. The van der Waals surface area contributed by atoms with Crippen molar-refractivity contribution in [1.82, 2.24) is 18.1 Å². The fourth-order valence-corrected chi connectivity index (χ4v) is 4.32. The molecule has 0 spiro atoms. The Labute approximate surface area is 145 Å². The van der Waals surface area contributed by atoms with Gasteiger partial charge in [0.2, 0.25) is 0 Å². The molecule has 0 amide bonds. The van der Waals surface area contributed by atoms with Crippen molar-refractivity contribution in [2.24, 2.45) is 14.1 Å². The summed E-state index contributed by atoms with van der Waals surface area (Å²) in [6.45, 7) is 0. The molecule has 0 aliphatic heterocycles. The summed E-state index contributed by atoms with van der Waals surface area (Å²) in [6.07, 6.45) is 0.964. The molecule has 0 N–H and O–H groups in total. The molecule has 0 atom stereocenters. The Bertz CT molecular complexity index is 1210. The van der Waals surface area contributed by atoms with Crippen LogP contribution < -0.4 is 11.2 Å². The van der Waals surface area contributed by atoms with Gasteiger partial charge in [-0.1, -0.05) is 23.2 Å². The summed E-state index contributed by atoms with van der Waals surface area (Å²) in [4.78, 5) is 27.9. The third-order valence-corrected chi connectivity index (χ3v) is 5.91. The Kier molecular flexibility index (Phi) is 3.82. The first-order valence-electron chi connectivity index (χ1n) is 6.50. The lowest BCUT2D eigenvalue weighted by molar-refractivity contribution is 0.588. The van der Waals surface area contributed by atoms with Crippen LogP contribution in [0.5, 0.6) is 0 Å². The van der Waals surface area contributed by atoms with E-state index in [0.717, 1.165) is 15.5 Å².